The van der Waals surface area contributed by atoms with Crippen LogP contribution in [-0.2, 0) is 13.0 Å². The molecular formula is C19H23N3O2. The van der Waals surface area contributed by atoms with Gasteiger partial charge >= 0.3 is 0 Å². The Hall–Kier alpha value is -2.17. The van der Waals surface area contributed by atoms with E-state index < -0.39 is 0 Å². The van der Waals surface area contributed by atoms with Crippen molar-refractivity contribution in [1.82, 2.24) is 14.5 Å². The van der Waals surface area contributed by atoms with Crippen molar-refractivity contribution >= 4 is 16.8 Å². The van der Waals surface area contributed by atoms with Crippen molar-refractivity contribution in [3.05, 3.63) is 39.9 Å². The molecule has 0 spiro atoms. The topological polar surface area (TPSA) is 55.2 Å². The van der Waals surface area contributed by atoms with Gasteiger partial charge in [-0.3, -0.25) is 14.2 Å². The molecule has 0 aliphatic carbocycles. The maximum absolute atomic E-state index is 12.8. The molecule has 0 unspecified atom stereocenters. The van der Waals surface area contributed by atoms with Gasteiger partial charge in [0.15, 0.2) is 0 Å². The van der Waals surface area contributed by atoms with Crippen molar-refractivity contribution in [3.8, 4) is 0 Å². The summed E-state index contributed by atoms with van der Waals surface area (Å²) in [6.07, 6.45) is 5.19. The first kappa shape index (κ1) is 15.4. The number of rotatable bonds is 1. The van der Waals surface area contributed by atoms with Crippen molar-refractivity contribution in [2.75, 3.05) is 13.1 Å². The first-order valence-electron chi connectivity index (χ1n) is 8.96. The Morgan fingerprint density at radius 3 is 2.92 bits per heavy atom. The minimum Gasteiger partial charge on any atom is -0.338 e. The molecular weight excluding hydrogens is 302 g/mol. The number of piperidine rings is 1. The van der Waals surface area contributed by atoms with E-state index in [1.54, 1.807) is 22.8 Å². The van der Waals surface area contributed by atoms with E-state index in [4.69, 9.17) is 0 Å². The van der Waals surface area contributed by atoms with Crippen LogP contribution in [-0.4, -0.2) is 33.4 Å². The number of amides is 1. The van der Waals surface area contributed by atoms with E-state index in [1.165, 1.54) is 6.42 Å². The van der Waals surface area contributed by atoms with Crippen LogP contribution in [0.25, 0.3) is 10.9 Å². The molecule has 2 aliphatic heterocycles. The van der Waals surface area contributed by atoms with Gasteiger partial charge < -0.3 is 4.90 Å². The zero-order valence-corrected chi connectivity index (χ0v) is 14.1. The van der Waals surface area contributed by atoms with Gasteiger partial charge in [-0.15, -0.1) is 0 Å². The number of benzene rings is 1. The van der Waals surface area contributed by atoms with Crippen molar-refractivity contribution in [2.45, 2.75) is 45.6 Å². The van der Waals surface area contributed by atoms with Crippen LogP contribution in [0.4, 0.5) is 0 Å². The van der Waals surface area contributed by atoms with Crippen molar-refractivity contribution in [1.29, 1.82) is 0 Å². The van der Waals surface area contributed by atoms with E-state index in [1.807, 2.05) is 4.90 Å². The van der Waals surface area contributed by atoms with Gasteiger partial charge in [-0.25, -0.2) is 4.98 Å². The molecule has 4 rings (SSSR count). The molecule has 1 aromatic heterocycles. The predicted octanol–water partition coefficient (Wildman–Crippen LogP) is 2.60. The van der Waals surface area contributed by atoms with Crippen LogP contribution < -0.4 is 5.56 Å². The molecule has 2 aromatic rings. The third kappa shape index (κ3) is 2.62. The number of aromatic nitrogens is 2. The van der Waals surface area contributed by atoms with Gasteiger partial charge in [0.2, 0.25) is 0 Å². The highest BCUT2D eigenvalue weighted by molar-refractivity contribution is 5.97. The highest BCUT2D eigenvalue weighted by Gasteiger charge is 2.23. The summed E-state index contributed by atoms with van der Waals surface area (Å²) in [5.74, 6) is 1.47. The third-order valence-corrected chi connectivity index (χ3v) is 5.26. The molecule has 0 radical (unpaired) electrons. The molecule has 126 valence electrons. The number of carbonyl (C=O) groups is 1. The second-order valence-corrected chi connectivity index (χ2v) is 7.17. The molecule has 0 saturated carbocycles. The number of carbonyl (C=O) groups excluding carboxylic acids is 1. The SMILES string of the molecule is C[C@@H]1CCCN(C(=O)c2ccc3c(=O)n4c(nc3c2)CCCC4)C1. The first-order chi connectivity index (χ1) is 11.6. The van der Waals surface area contributed by atoms with E-state index in [-0.39, 0.29) is 11.5 Å². The van der Waals surface area contributed by atoms with Crippen LogP contribution in [0.1, 0.15) is 48.8 Å². The Balaban J connectivity index is 1.73. The summed E-state index contributed by atoms with van der Waals surface area (Å²) < 4.78 is 1.79. The number of hydrogen-bond acceptors (Lipinski definition) is 3. The van der Waals surface area contributed by atoms with E-state index in [0.717, 1.165) is 51.1 Å². The Morgan fingerprint density at radius 1 is 1.21 bits per heavy atom. The van der Waals surface area contributed by atoms with Crippen LogP contribution in [0.5, 0.6) is 0 Å². The molecule has 2 aliphatic rings. The summed E-state index contributed by atoms with van der Waals surface area (Å²) in [5, 5.41) is 0.615. The van der Waals surface area contributed by atoms with Gasteiger partial charge in [0.1, 0.15) is 5.82 Å². The summed E-state index contributed by atoms with van der Waals surface area (Å²) in [7, 11) is 0. The molecule has 1 amide bonds. The lowest BCUT2D eigenvalue weighted by molar-refractivity contribution is 0.0683. The second-order valence-electron chi connectivity index (χ2n) is 7.17. The molecule has 5 heteroatoms. The Kier molecular flexibility index (Phi) is 3.87. The van der Waals surface area contributed by atoms with E-state index in [9.17, 15) is 9.59 Å². The molecule has 5 nitrogen and oxygen atoms in total. The monoisotopic (exact) mass is 325 g/mol. The summed E-state index contributed by atoms with van der Waals surface area (Å²) >= 11 is 0. The zero-order chi connectivity index (χ0) is 16.7. The lowest BCUT2D eigenvalue weighted by Gasteiger charge is -2.31. The van der Waals surface area contributed by atoms with Crippen LogP contribution in [0.2, 0.25) is 0 Å². The normalized spacial score (nSPS) is 20.9. The fourth-order valence-corrected chi connectivity index (χ4v) is 3.93. The highest BCUT2D eigenvalue weighted by Crippen LogP contribution is 2.20. The second kappa shape index (κ2) is 6.04. The number of aryl methyl sites for hydroxylation is 1. The summed E-state index contributed by atoms with van der Waals surface area (Å²) in [6.45, 7) is 4.58. The van der Waals surface area contributed by atoms with Crippen LogP contribution in [0.15, 0.2) is 23.0 Å². The molecule has 24 heavy (non-hydrogen) atoms. The van der Waals surface area contributed by atoms with Gasteiger partial charge in [-0.05, 0) is 49.8 Å². The largest absolute Gasteiger partial charge is 0.338 e. The maximum atomic E-state index is 12.8. The molecule has 1 fully saturated rings. The highest BCUT2D eigenvalue weighted by atomic mass is 16.2. The fraction of sp³-hybridized carbons (Fsp3) is 0.526. The average molecular weight is 325 g/mol. The number of hydrogen-bond donors (Lipinski definition) is 0. The molecule has 3 heterocycles. The maximum Gasteiger partial charge on any atom is 0.261 e. The Bertz CT molecular complexity index is 856. The predicted molar refractivity (Wildman–Crippen MR) is 93.2 cm³/mol. The van der Waals surface area contributed by atoms with Gasteiger partial charge in [0.05, 0.1) is 10.9 Å². The average Bonchev–Trinajstić information content (AvgIpc) is 2.61. The number of nitrogens with zero attached hydrogens (tertiary/aromatic N) is 3. The minimum absolute atomic E-state index is 0.0280. The van der Waals surface area contributed by atoms with Gasteiger partial charge in [0, 0.05) is 31.6 Å². The molecule has 1 aromatic carbocycles. The molecule has 0 bridgehead atoms. The van der Waals surface area contributed by atoms with Crippen molar-refractivity contribution in [2.24, 2.45) is 5.92 Å². The molecule has 1 saturated heterocycles. The Labute approximate surface area is 141 Å². The summed E-state index contributed by atoms with van der Waals surface area (Å²) in [6, 6.07) is 5.35. The van der Waals surface area contributed by atoms with Crippen molar-refractivity contribution < 1.29 is 4.79 Å². The molecule has 1 atom stereocenters. The minimum atomic E-state index is 0.0280. The Morgan fingerprint density at radius 2 is 2.08 bits per heavy atom. The van der Waals surface area contributed by atoms with Crippen LogP contribution >= 0.6 is 0 Å². The fourth-order valence-electron chi connectivity index (χ4n) is 3.93. The van der Waals surface area contributed by atoms with E-state index in [0.29, 0.717) is 22.4 Å². The lowest BCUT2D eigenvalue weighted by Crippen LogP contribution is -2.39. The quantitative estimate of drug-likeness (QED) is 0.810. The summed E-state index contributed by atoms with van der Waals surface area (Å²) in [4.78, 5) is 32.0. The van der Waals surface area contributed by atoms with E-state index >= 15 is 0 Å². The standard InChI is InChI=1S/C19H23N3O2/c1-13-5-4-9-21(12-13)18(23)14-7-8-15-16(11-14)20-17-6-2-3-10-22(17)19(15)24/h7-8,11,13H,2-6,9-10,12H2,1H3/t13-/m1/s1. The molecule has 0 N–H and O–H groups in total. The van der Waals surface area contributed by atoms with Crippen LogP contribution in [0.3, 0.4) is 0 Å². The van der Waals surface area contributed by atoms with Crippen LogP contribution in [0, 0.1) is 5.92 Å². The van der Waals surface area contributed by atoms with Gasteiger partial charge in [0.25, 0.3) is 11.5 Å². The van der Waals surface area contributed by atoms with E-state index in [2.05, 4.69) is 11.9 Å². The van der Waals surface area contributed by atoms with Crippen molar-refractivity contribution in [3.63, 3.8) is 0 Å². The van der Waals surface area contributed by atoms with Gasteiger partial charge in [-0.1, -0.05) is 6.92 Å². The number of fused-ring (bicyclic) bond motifs is 2. The summed E-state index contributed by atoms with van der Waals surface area (Å²) in [5.41, 5.74) is 1.33. The lowest BCUT2D eigenvalue weighted by atomic mass is 9.99. The van der Waals surface area contributed by atoms with Gasteiger partial charge in [-0.2, -0.15) is 0 Å². The third-order valence-electron chi connectivity index (χ3n) is 5.26. The smallest absolute Gasteiger partial charge is 0.261 e. The number of likely N-dealkylation sites (tertiary alicyclic amines) is 1. The first-order valence-corrected chi connectivity index (χ1v) is 8.96. The zero-order valence-electron chi connectivity index (χ0n) is 14.1.